The van der Waals surface area contributed by atoms with Gasteiger partial charge in [-0.1, -0.05) is 24.3 Å². The van der Waals surface area contributed by atoms with Gasteiger partial charge < -0.3 is 9.64 Å². The highest BCUT2D eigenvalue weighted by molar-refractivity contribution is 7.88. The second kappa shape index (κ2) is 8.41. The van der Waals surface area contributed by atoms with E-state index in [1.165, 1.54) is 7.11 Å². The third kappa shape index (κ3) is 5.09. The summed E-state index contributed by atoms with van der Waals surface area (Å²) in [7, 11) is -2.02. The van der Waals surface area contributed by atoms with Crippen LogP contribution in [-0.4, -0.2) is 51.4 Å². The Balaban J connectivity index is 1.88. The van der Waals surface area contributed by atoms with Crippen LogP contribution in [0.25, 0.3) is 11.1 Å². The molecule has 8 heteroatoms. The molecule has 2 aromatic rings. The lowest BCUT2D eigenvalue weighted by molar-refractivity contribution is 0.0792. The average Bonchev–Trinajstić information content (AvgIpc) is 3.16. The van der Waals surface area contributed by atoms with Gasteiger partial charge in [-0.3, -0.25) is 0 Å². The third-order valence-corrected chi connectivity index (χ3v) is 6.19. The molecule has 1 aliphatic rings. The van der Waals surface area contributed by atoms with E-state index in [2.05, 4.69) is 28.3 Å². The summed E-state index contributed by atoms with van der Waals surface area (Å²) in [6, 6.07) is 9.60. The summed E-state index contributed by atoms with van der Waals surface area (Å²) in [5.74, 6) is 0. The maximum atomic E-state index is 12.3. The zero-order valence-corrected chi connectivity index (χ0v) is 17.1. The van der Waals surface area contributed by atoms with E-state index < -0.39 is 16.1 Å². The molecule has 1 N–H and O–H groups in total. The molecule has 2 atom stereocenters. The summed E-state index contributed by atoms with van der Waals surface area (Å²) < 4.78 is 31.3. The molecule has 2 unspecified atom stereocenters. The Morgan fingerprint density at radius 3 is 2.81 bits per heavy atom. The average molecular weight is 409 g/mol. The number of methoxy groups -OCH3 is 1. The summed E-state index contributed by atoms with van der Waals surface area (Å²) in [4.78, 5) is 13.9. The van der Waals surface area contributed by atoms with E-state index >= 15 is 0 Å². The number of nitrogens with zero attached hydrogens (tertiary/aromatic N) is 1. The van der Waals surface area contributed by atoms with Crippen molar-refractivity contribution < 1.29 is 17.9 Å². The quantitative estimate of drug-likeness (QED) is 0.825. The number of carbonyl (C=O) groups excluding carboxylic acids is 1. The molecule has 1 amide bonds. The first-order chi connectivity index (χ1) is 12.9. The van der Waals surface area contributed by atoms with Crippen LogP contribution in [0, 0.1) is 0 Å². The highest BCUT2D eigenvalue weighted by Crippen LogP contribution is 2.26. The molecule has 1 aromatic carbocycles. The molecule has 0 bridgehead atoms. The zero-order chi connectivity index (χ0) is 19.4. The Morgan fingerprint density at radius 1 is 1.33 bits per heavy atom. The zero-order valence-electron chi connectivity index (χ0n) is 15.4. The molecule has 1 aromatic heterocycles. The van der Waals surface area contributed by atoms with Gasteiger partial charge in [-0.05, 0) is 52.8 Å². The predicted octanol–water partition coefficient (Wildman–Crippen LogP) is 3.11. The molecule has 0 aliphatic carbocycles. The molecule has 1 aliphatic heterocycles. The van der Waals surface area contributed by atoms with Crippen molar-refractivity contribution >= 4 is 27.5 Å². The molecule has 3 rings (SSSR count). The smallest absolute Gasteiger partial charge is 0.409 e. The number of carbonyl (C=O) groups is 1. The molecule has 6 nitrogen and oxygen atoms in total. The van der Waals surface area contributed by atoms with Gasteiger partial charge in [-0.2, -0.15) is 11.3 Å². The number of hydrogen-bond acceptors (Lipinski definition) is 5. The standard InChI is InChI=1S/C19H24N2O4S2/c1-25-19(22)21-9-4-7-17(20-27(2,23)24)18(21)12-14-5-3-6-15(11-14)16-8-10-26-13-16/h3,5-6,8,10-11,13,17-18,20H,4,7,9,12H2,1-2H3. The molecule has 1 fully saturated rings. The van der Waals surface area contributed by atoms with Gasteiger partial charge in [-0.15, -0.1) is 0 Å². The van der Waals surface area contributed by atoms with Crippen LogP contribution in [0.1, 0.15) is 18.4 Å². The molecule has 2 heterocycles. The van der Waals surface area contributed by atoms with E-state index in [0.717, 1.165) is 29.4 Å². The summed E-state index contributed by atoms with van der Waals surface area (Å²) in [6.07, 6.45) is 2.70. The molecule has 0 radical (unpaired) electrons. The Labute approximate surface area is 164 Å². The van der Waals surface area contributed by atoms with Gasteiger partial charge in [-0.25, -0.2) is 17.9 Å². The monoisotopic (exact) mass is 408 g/mol. The van der Waals surface area contributed by atoms with Crippen molar-refractivity contribution in [3.05, 3.63) is 46.7 Å². The maximum Gasteiger partial charge on any atom is 0.409 e. The highest BCUT2D eigenvalue weighted by atomic mass is 32.2. The number of benzene rings is 1. The number of likely N-dealkylation sites (tertiary alicyclic amines) is 1. The SMILES string of the molecule is COC(=O)N1CCCC(NS(C)(=O)=O)C1Cc1cccc(-c2ccsc2)c1. The van der Waals surface area contributed by atoms with Crippen LogP contribution in [0.3, 0.4) is 0 Å². The van der Waals surface area contributed by atoms with Crippen molar-refractivity contribution in [3.63, 3.8) is 0 Å². The van der Waals surface area contributed by atoms with E-state index in [-0.39, 0.29) is 12.1 Å². The van der Waals surface area contributed by atoms with E-state index in [9.17, 15) is 13.2 Å². The van der Waals surface area contributed by atoms with Crippen molar-refractivity contribution in [2.75, 3.05) is 19.9 Å². The first kappa shape index (κ1) is 19.9. The van der Waals surface area contributed by atoms with Crippen LogP contribution >= 0.6 is 11.3 Å². The van der Waals surface area contributed by atoms with Crippen molar-refractivity contribution in [2.24, 2.45) is 0 Å². The molecule has 0 spiro atoms. The lowest BCUT2D eigenvalue weighted by atomic mass is 9.91. The van der Waals surface area contributed by atoms with Crippen molar-refractivity contribution in [1.29, 1.82) is 0 Å². The first-order valence-corrected chi connectivity index (χ1v) is 11.6. The third-order valence-electron chi connectivity index (χ3n) is 4.78. The van der Waals surface area contributed by atoms with E-state index in [1.807, 2.05) is 17.5 Å². The first-order valence-electron chi connectivity index (χ1n) is 8.81. The molecule has 146 valence electrons. The summed E-state index contributed by atoms with van der Waals surface area (Å²) in [5, 5.41) is 4.13. The van der Waals surface area contributed by atoms with Crippen LogP contribution in [0.2, 0.25) is 0 Å². The Morgan fingerprint density at radius 2 is 2.15 bits per heavy atom. The Hall–Kier alpha value is -1.90. The van der Waals surface area contributed by atoms with Gasteiger partial charge in [0, 0.05) is 12.6 Å². The lowest BCUT2D eigenvalue weighted by Crippen LogP contribution is -2.57. The van der Waals surface area contributed by atoms with Crippen LogP contribution < -0.4 is 4.72 Å². The molecule has 1 saturated heterocycles. The van der Waals surface area contributed by atoms with Crippen molar-refractivity contribution in [1.82, 2.24) is 9.62 Å². The lowest BCUT2D eigenvalue weighted by Gasteiger charge is -2.40. The van der Waals surface area contributed by atoms with Gasteiger partial charge in [0.25, 0.3) is 0 Å². The van der Waals surface area contributed by atoms with Crippen LogP contribution in [0.4, 0.5) is 4.79 Å². The number of hydrogen-bond donors (Lipinski definition) is 1. The van der Waals surface area contributed by atoms with Crippen molar-refractivity contribution in [3.8, 4) is 11.1 Å². The van der Waals surface area contributed by atoms with Gasteiger partial charge in [0.05, 0.1) is 19.4 Å². The number of piperidine rings is 1. The molecular formula is C19H24N2O4S2. The fourth-order valence-corrected chi connectivity index (χ4v) is 5.10. The molecule has 27 heavy (non-hydrogen) atoms. The van der Waals surface area contributed by atoms with Gasteiger partial charge in [0.2, 0.25) is 10.0 Å². The number of thiophene rings is 1. The minimum absolute atomic E-state index is 0.293. The summed E-state index contributed by atoms with van der Waals surface area (Å²) >= 11 is 1.64. The maximum absolute atomic E-state index is 12.3. The number of sulfonamides is 1. The summed E-state index contributed by atoms with van der Waals surface area (Å²) in [5.41, 5.74) is 3.32. The van der Waals surface area contributed by atoms with Gasteiger partial charge in [0.15, 0.2) is 0 Å². The highest BCUT2D eigenvalue weighted by Gasteiger charge is 2.36. The fraction of sp³-hybridized carbons (Fsp3) is 0.421. The normalized spacial score (nSPS) is 20.4. The Bertz CT molecular complexity index is 881. The van der Waals surface area contributed by atoms with Crippen LogP contribution in [0.15, 0.2) is 41.1 Å². The number of rotatable bonds is 5. The second-order valence-electron chi connectivity index (χ2n) is 6.79. The minimum Gasteiger partial charge on any atom is -0.453 e. The van der Waals surface area contributed by atoms with Crippen LogP contribution in [0.5, 0.6) is 0 Å². The number of amides is 1. The molecular weight excluding hydrogens is 384 g/mol. The predicted molar refractivity (Wildman–Crippen MR) is 107 cm³/mol. The minimum atomic E-state index is -3.38. The Kier molecular flexibility index (Phi) is 6.18. The topological polar surface area (TPSA) is 75.7 Å². The fourth-order valence-electron chi connectivity index (χ4n) is 3.61. The van der Waals surface area contributed by atoms with Crippen molar-refractivity contribution in [2.45, 2.75) is 31.3 Å². The number of nitrogens with one attached hydrogen (secondary N) is 1. The van der Waals surface area contributed by atoms with Gasteiger partial charge in [0.1, 0.15) is 0 Å². The van der Waals surface area contributed by atoms with Gasteiger partial charge >= 0.3 is 6.09 Å². The summed E-state index contributed by atoms with van der Waals surface area (Å²) in [6.45, 7) is 0.559. The molecule has 0 saturated carbocycles. The second-order valence-corrected chi connectivity index (χ2v) is 9.35. The number of ether oxygens (including phenoxy) is 1. The largest absolute Gasteiger partial charge is 0.453 e. The van der Waals surface area contributed by atoms with Crippen LogP contribution in [-0.2, 0) is 21.2 Å². The van der Waals surface area contributed by atoms with E-state index in [1.54, 1.807) is 16.2 Å². The van der Waals surface area contributed by atoms with E-state index in [4.69, 9.17) is 4.74 Å². The van der Waals surface area contributed by atoms with E-state index in [0.29, 0.717) is 19.4 Å².